The van der Waals surface area contributed by atoms with E-state index < -0.39 is 12.0 Å². The normalized spacial score (nSPS) is 13.3. The molecule has 1 fully saturated rings. The fourth-order valence-electron chi connectivity index (χ4n) is 2.52. The average molecular weight is 343 g/mol. The summed E-state index contributed by atoms with van der Waals surface area (Å²) in [6.07, 6.45) is 6.43. The second-order valence-electron chi connectivity index (χ2n) is 5.43. The highest BCUT2D eigenvalue weighted by atomic mass is 16.5. The number of anilines is 1. The third-order valence-corrected chi connectivity index (χ3v) is 3.66. The SMILES string of the molecule is C#CCCC(=O)N1CCCN1C(=O)Nc1cccc(C(=O)OCC)c1. The topological polar surface area (TPSA) is 79.0 Å². The number of amides is 3. The molecule has 0 bridgehead atoms. The van der Waals surface area contributed by atoms with Gasteiger partial charge in [-0.1, -0.05) is 6.07 Å². The summed E-state index contributed by atoms with van der Waals surface area (Å²) in [4.78, 5) is 36.4. The molecule has 2 rings (SSSR count). The number of hydrogen-bond donors (Lipinski definition) is 1. The van der Waals surface area contributed by atoms with Gasteiger partial charge in [0.05, 0.1) is 12.2 Å². The van der Waals surface area contributed by atoms with E-state index in [1.807, 2.05) is 0 Å². The van der Waals surface area contributed by atoms with Crippen LogP contribution >= 0.6 is 0 Å². The predicted molar refractivity (Wildman–Crippen MR) is 92.5 cm³/mol. The first-order chi connectivity index (χ1) is 12.1. The highest BCUT2D eigenvalue weighted by Crippen LogP contribution is 2.17. The standard InChI is InChI=1S/C18H21N3O4/c1-3-5-10-16(22)20-11-7-12-21(20)18(24)19-15-9-6-8-14(13-15)17(23)25-4-2/h1,6,8-9,13H,4-5,7,10-12H2,2H3,(H,19,24). The van der Waals surface area contributed by atoms with E-state index in [1.165, 1.54) is 16.1 Å². The van der Waals surface area contributed by atoms with Crippen molar-refractivity contribution in [3.63, 3.8) is 0 Å². The van der Waals surface area contributed by atoms with Gasteiger partial charge in [-0.25, -0.2) is 19.6 Å². The number of urea groups is 1. The summed E-state index contributed by atoms with van der Waals surface area (Å²) < 4.78 is 4.94. The number of carbonyl (C=O) groups excluding carboxylic acids is 3. The maximum atomic E-state index is 12.5. The minimum Gasteiger partial charge on any atom is -0.462 e. The lowest BCUT2D eigenvalue weighted by molar-refractivity contribution is -0.139. The van der Waals surface area contributed by atoms with E-state index in [1.54, 1.807) is 25.1 Å². The van der Waals surface area contributed by atoms with E-state index in [-0.39, 0.29) is 18.9 Å². The van der Waals surface area contributed by atoms with Crippen LogP contribution in [0.2, 0.25) is 0 Å². The summed E-state index contributed by atoms with van der Waals surface area (Å²) in [5.41, 5.74) is 0.807. The minimum absolute atomic E-state index is 0.175. The van der Waals surface area contributed by atoms with Crippen LogP contribution in [0, 0.1) is 12.3 Å². The number of carbonyl (C=O) groups is 3. The van der Waals surface area contributed by atoms with Crippen LogP contribution in [0.1, 0.15) is 36.5 Å². The molecule has 7 heteroatoms. The van der Waals surface area contributed by atoms with Crippen molar-refractivity contribution in [1.29, 1.82) is 0 Å². The number of ether oxygens (including phenoxy) is 1. The maximum Gasteiger partial charge on any atom is 0.340 e. The molecule has 1 aliphatic rings. The monoisotopic (exact) mass is 343 g/mol. The zero-order valence-electron chi connectivity index (χ0n) is 14.2. The van der Waals surface area contributed by atoms with Crippen LogP contribution in [0.4, 0.5) is 10.5 Å². The first-order valence-electron chi connectivity index (χ1n) is 8.16. The minimum atomic E-state index is -0.453. The molecule has 0 atom stereocenters. The van der Waals surface area contributed by atoms with Crippen molar-refractivity contribution in [2.45, 2.75) is 26.2 Å². The first kappa shape index (κ1) is 18.3. The molecule has 0 unspecified atom stereocenters. The van der Waals surface area contributed by atoms with Gasteiger partial charge < -0.3 is 10.1 Å². The Morgan fingerprint density at radius 1 is 1.28 bits per heavy atom. The van der Waals surface area contributed by atoms with Crippen molar-refractivity contribution in [1.82, 2.24) is 10.0 Å². The number of hydrogen-bond acceptors (Lipinski definition) is 4. The molecule has 1 aromatic rings. The van der Waals surface area contributed by atoms with Crippen LogP contribution in [-0.2, 0) is 9.53 Å². The molecule has 7 nitrogen and oxygen atoms in total. The average Bonchev–Trinajstić information content (AvgIpc) is 3.10. The van der Waals surface area contributed by atoms with E-state index in [0.29, 0.717) is 37.2 Å². The smallest absolute Gasteiger partial charge is 0.340 e. The Morgan fingerprint density at radius 2 is 2.04 bits per heavy atom. The van der Waals surface area contributed by atoms with Gasteiger partial charge in [-0.05, 0) is 31.5 Å². The largest absolute Gasteiger partial charge is 0.462 e. The number of benzene rings is 1. The number of terminal acetylenes is 1. The van der Waals surface area contributed by atoms with Crippen molar-refractivity contribution in [3.8, 4) is 12.3 Å². The predicted octanol–water partition coefficient (Wildman–Crippen LogP) is 2.26. The Hall–Kier alpha value is -3.01. The van der Waals surface area contributed by atoms with E-state index in [9.17, 15) is 14.4 Å². The van der Waals surface area contributed by atoms with E-state index in [4.69, 9.17) is 11.2 Å². The Balaban J connectivity index is 2.03. The molecular formula is C18H21N3O4. The van der Waals surface area contributed by atoms with Gasteiger partial charge in [0, 0.05) is 31.6 Å². The van der Waals surface area contributed by atoms with Gasteiger partial charge in [0.2, 0.25) is 5.91 Å². The molecule has 25 heavy (non-hydrogen) atoms. The zero-order chi connectivity index (χ0) is 18.2. The van der Waals surface area contributed by atoms with Crippen molar-refractivity contribution in [2.75, 3.05) is 25.0 Å². The van der Waals surface area contributed by atoms with Crippen LogP contribution in [0.3, 0.4) is 0 Å². The summed E-state index contributed by atoms with van der Waals surface area (Å²) in [6.45, 7) is 2.94. The van der Waals surface area contributed by atoms with Gasteiger partial charge in [0.1, 0.15) is 0 Å². The van der Waals surface area contributed by atoms with Crippen molar-refractivity contribution < 1.29 is 19.1 Å². The van der Waals surface area contributed by atoms with E-state index in [0.717, 1.165) is 0 Å². The maximum absolute atomic E-state index is 12.5. The summed E-state index contributed by atoms with van der Waals surface area (Å²) in [7, 11) is 0. The zero-order valence-corrected chi connectivity index (χ0v) is 14.2. The highest BCUT2D eigenvalue weighted by molar-refractivity contribution is 5.94. The Kier molecular flexibility index (Phi) is 6.40. The van der Waals surface area contributed by atoms with Gasteiger partial charge in [0.25, 0.3) is 0 Å². The molecular weight excluding hydrogens is 322 g/mol. The first-order valence-corrected chi connectivity index (χ1v) is 8.16. The molecule has 0 aromatic heterocycles. The van der Waals surface area contributed by atoms with Crippen LogP contribution in [0.15, 0.2) is 24.3 Å². The second kappa shape index (κ2) is 8.73. The molecule has 1 saturated heterocycles. The molecule has 0 spiro atoms. The highest BCUT2D eigenvalue weighted by Gasteiger charge is 2.30. The van der Waals surface area contributed by atoms with Crippen LogP contribution < -0.4 is 5.32 Å². The third-order valence-electron chi connectivity index (χ3n) is 3.66. The molecule has 0 aliphatic carbocycles. The van der Waals surface area contributed by atoms with Gasteiger partial charge in [-0.3, -0.25) is 4.79 Å². The van der Waals surface area contributed by atoms with Crippen molar-refractivity contribution >= 4 is 23.6 Å². The van der Waals surface area contributed by atoms with Crippen molar-refractivity contribution in [3.05, 3.63) is 29.8 Å². The molecule has 0 radical (unpaired) electrons. The fourth-order valence-corrected chi connectivity index (χ4v) is 2.52. The van der Waals surface area contributed by atoms with Crippen LogP contribution in [-0.4, -0.2) is 47.6 Å². The van der Waals surface area contributed by atoms with E-state index >= 15 is 0 Å². The molecule has 1 aliphatic heterocycles. The van der Waals surface area contributed by atoms with Crippen LogP contribution in [0.25, 0.3) is 0 Å². The fraction of sp³-hybridized carbons (Fsp3) is 0.389. The molecule has 1 N–H and O–H groups in total. The lowest BCUT2D eigenvalue weighted by Crippen LogP contribution is -2.46. The van der Waals surface area contributed by atoms with E-state index in [2.05, 4.69) is 11.2 Å². The summed E-state index contributed by atoms with van der Waals surface area (Å²) in [6, 6.07) is 6.05. The number of nitrogens with one attached hydrogen (secondary N) is 1. The lowest BCUT2D eigenvalue weighted by Gasteiger charge is -2.27. The van der Waals surface area contributed by atoms with Gasteiger partial charge in [-0.15, -0.1) is 12.3 Å². The number of hydrazine groups is 1. The number of rotatable bonds is 5. The summed E-state index contributed by atoms with van der Waals surface area (Å²) >= 11 is 0. The van der Waals surface area contributed by atoms with Crippen LogP contribution in [0.5, 0.6) is 0 Å². The van der Waals surface area contributed by atoms with Gasteiger partial charge >= 0.3 is 12.0 Å². The Bertz CT molecular complexity index is 696. The van der Waals surface area contributed by atoms with Crippen molar-refractivity contribution in [2.24, 2.45) is 0 Å². The third kappa shape index (κ3) is 4.73. The lowest BCUT2D eigenvalue weighted by atomic mass is 10.2. The molecule has 1 heterocycles. The Morgan fingerprint density at radius 3 is 2.76 bits per heavy atom. The molecule has 0 saturated carbocycles. The Labute approximate surface area is 146 Å². The molecule has 3 amide bonds. The quantitative estimate of drug-likeness (QED) is 0.657. The number of esters is 1. The molecule has 1 aromatic carbocycles. The number of nitrogens with zero attached hydrogens (tertiary/aromatic N) is 2. The second-order valence-corrected chi connectivity index (χ2v) is 5.43. The summed E-state index contributed by atoms with van der Waals surface area (Å²) in [5.74, 6) is 1.79. The van der Waals surface area contributed by atoms with Gasteiger partial charge in [-0.2, -0.15) is 0 Å². The van der Waals surface area contributed by atoms with Gasteiger partial charge in [0.15, 0.2) is 0 Å². The molecule has 132 valence electrons. The summed E-state index contributed by atoms with van der Waals surface area (Å²) in [5, 5.41) is 5.50.